The number of fused-ring (bicyclic) bond motifs is 1. The average molecular weight is 522 g/mol. The van der Waals surface area contributed by atoms with Crippen molar-refractivity contribution in [1.29, 1.82) is 0 Å². The smallest absolute Gasteiger partial charge is 0.287 e. The molecule has 0 saturated heterocycles. The number of nitrogens with one attached hydrogen (secondary N) is 1. The third-order valence-electron chi connectivity index (χ3n) is 6.94. The molecule has 1 heterocycles. The minimum atomic E-state index is -0.398. The number of carbonyl (C=O) groups is 1. The molecule has 0 aliphatic carbocycles. The van der Waals surface area contributed by atoms with Gasteiger partial charge in [-0.25, -0.2) is 0 Å². The number of furan rings is 1. The number of amides is 1. The van der Waals surface area contributed by atoms with Gasteiger partial charge in [0.15, 0.2) is 5.76 Å². The van der Waals surface area contributed by atoms with Crippen molar-refractivity contribution in [3.63, 3.8) is 0 Å². The second-order valence-electron chi connectivity index (χ2n) is 11.0. The molecule has 196 valence electrons. The monoisotopic (exact) mass is 521 g/mol. The van der Waals surface area contributed by atoms with Crippen LogP contribution in [0.15, 0.2) is 132 Å². The highest BCUT2D eigenvalue weighted by Crippen LogP contribution is 2.51. The molecule has 6 rings (SSSR count). The quantitative estimate of drug-likeness (QED) is 0.245. The van der Waals surface area contributed by atoms with E-state index in [0.717, 1.165) is 49.9 Å². The van der Waals surface area contributed by atoms with Gasteiger partial charge in [0, 0.05) is 27.6 Å². The Morgan fingerprint density at radius 1 is 0.550 bits per heavy atom. The Kier molecular flexibility index (Phi) is 6.57. The van der Waals surface area contributed by atoms with Crippen LogP contribution < -0.4 is 5.32 Å². The van der Waals surface area contributed by atoms with Crippen molar-refractivity contribution in [2.24, 2.45) is 0 Å². The molecule has 0 unspecified atom stereocenters. The molecule has 1 amide bonds. The summed E-state index contributed by atoms with van der Waals surface area (Å²) in [7, 11) is 0. The van der Waals surface area contributed by atoms with Crippen molar-refractivity contribution in [2.45, 2.75) is 26.3 Å². The normalized spacial score (nSPS) is 11.5. The van der Waals surface area contributed by atoms with Crippen molar-refractivity contribution in [2.75, 3.05) is 0 Å². The van der Waals surface area contributed by atoms with Crippen LogP contribution in [0.3, 0.4) is 0 Å². The van der Waals surface area contributed by atoms with Gasteiger partial charge in [0.05, 0.1) is 0 Å². The fraction of sp³-hybridized carbons (Fsp3) is 0.108. The lowest BCUT2D eigenvalue weighted by molar-refractivity contribution is 0.0893. The Hall–Kier alpha value is -4.89. The van der Waals surface area contributed by atoms with Gasteiger partial charge in [-0.15, -0.1) is 0 Å². The van der Waals surface area contributed by atoms with Gasteiger partial charge in [0.1, 0.15) is 5.58 Å². The summed E-state index contributed by atoms with van der Waals surface area (Å²) in [5.41, 5.74) is 8.75. The van der Waals surface area contributed by atoms with E-state index in [1.54, 1.807) is 0 Å². The van der Waals surface area contributed by atoms with E-state index in [0.29, 0.717) is 11.3 Å². The number of hydrogen-bond donors (Lipinski definition) is 1. The zero-order valence-corrected chi connectivity index (χ0v) is 22.9. The molecule has 3 nitrogen and oxygen atoms in total. The zero-order chi connectivity index (χ0) is 27.7. The van der Waals surface area contributed by atoms with E-state index in [4.69, 9.17) is 4.42 Å². The van der Waals surface area contributed by atoms with Gasteiger partial charge in [-0.3, -0.25) is 4.79 Å². The summed E-state index contributed by atoms with van der Waals surface area (Å²) in [5.74, 6) is 0.0627. The van der Waals surface area contributed by atoms with Crippen LogP contribution in [0.25, 0.3) is 55.5 Å². The van der Waals surface area contributed by atoms with Crippen molar-refractivity contribution in [1.82, 2.24) is 5.32 Å². The standard InChI is InChI=1S/C37H31NO2/c1-37(2,3)38-36(39)30-24-29-31(25-16-8-4-9-17-25)32(26-18-10-5-11-19-26)33(27-20-12-6-13-21-27)34(35(29)40-30)28-22-14-7-15-23-28/h4-24H,1-3H3,(H,38,39). The van der Waals surface area contributed by atoms with Crippen LogP contribution in [0.1, 0.15) is 31.3 Å². The number of carbonyl (C=O) groups excluding carboxylic acids is 1. The van der Waals surface area contributed by atoms with Crippen LogP contribution in [0.2, 0.25) is 0 Å². The molecule has 3 heteroatoms. The first kappa shape index (κ1) is 25.4. The topological polar surface area (TPSA) is 42.2 Å². The summed E-state index contributed by atoms with van der Waals surface area (Å²) < 4.78 is 6.56. The van der Waals surface area contributed by atoms with Gasteiger partial charge in [-0.1, -0.05) is 121 Å². The van der Waals surface area contributed by atoms with Crippen LogP contribution in [0.4, 0.5) is 0 Å². The van der Waals surface area contributed by atoms with Crippen LogP contribution in [-0.4, -0.2) is 11.4 Å². The summed E-state index contributed by atoms with van der Waals surface area (Å²) in [6, 6.07) is 43.5. The Balaban J connectivity index is 1.83. The third kappa shape index (κ3) is 4.83. The first-order valence-corrected chi connectivity index (χ1v) is 13.6. The summed E-state index contributed by atoms with van der Waals surface area (Å²) in [6.45, 7) is 5.91. The molecule has 0 saturated carbocycles. The maximum Gasteiger partial charge on any atom is 0.287 e. The molecule has 40 heavy (non-hydrogen) atoms. The molecular weight excluding hydrogens is 490 g/mol. The van der Waals surface area contributed by atoms with E-state index < -0.39 is 5.54 Å². The maximum absolute atomic E-state index is 13.4. The molecule has 0 bridgehead atoms. The first-order chi connectivity index (χ1) is 19.4. The lowest BCUT2D eigenvalue weighted by atomic mass is 9.81. The van der Waals surface area contributed by atoms with Gasteiger partial charge in [-0.05, 0) is 54.7 Å². The van der Waals surface area contributed by atoms with Gasteiger partial charge >= 0.3 is 0 Å². The third-order valence-corrected chi connectivity index (χ3v) is 6.94. The van der Waals surface area contributed by atoms with Gasteiger partial charge in [0.2, 0.25) is 0 Å². The molecule has 0 atom stereocenters. The predicted molar refractivity (Wildman–Crippen MR) is 165 cm³/mol. The minimum absolute atomic E-state index is 0.232. The second-order valence-corrected chi connectivity index (χ2v) is 11.0. The van der Waals surface area contributed by atoms with Crippen LogP contribution in [-0.2, 0) is 0 Å². The summed E-state index contributed by atoms with van der Waals surface area (Å²) in [4.78, 5) is 13.4. The number of benzene rings is 5. The van der Waals surface area contributed by atoms with Gasteiger partial charge in [0.25, 0.3) is 5.91 Å². The Morgan fingerprint density at radius 3 is 1.35 bits per heavy atom. The minimum Gasteiger partial charge on any atom is -0.450 e. The second kappa shape index (κ2) is 10.3. The molecule has 0 spiro atoms. The molecule has 0 fully saturated rings. The lowest BCUT2D eigenvalue weighted by Gasteiger charge is -2.22. The Morgan fingerprint density at radius 2 is 0.925 bits per heavy atom. The van der Waals surface area contributed by atoms with Crippen molar-refractivity contribution >= 4 is 16.9 Å². The molecule has 6 aromatic rings. The van der Waals surface area contributed by atoms with E-state index >= 15 is 0 Å². The fourth-order valence-electron chi connectivity index (χ4n) is 5.35. The molecule has 5 aromatic carbocycles. The molecule has 1 aromatic heterocycles. The lowest BCUT2D eigenvalue weighted by Crippen LogP contribution is -2.40. The van der Waals surface area contributed by atoms with Crippen molar-refractivity contribution in [3.8, 4) is 44.5 Å². The maximum atomic E-state index is 13.4. The van der Waals surface area contributed by atoms with E-state index in [2.05, 4.69) is 90.2 Å². The van der Waals surface area contributed by atoms with Crippen LogP contribution >= 0.6 is 0 Å². The summed E-state index contributed by atoms with van der Waals surface area (Å²) in [6.07, 6.45) is 0. The molecule has 0 radical (unpaired) electrons. The first-order valence-electron chi connectivity index (χ1n) is 13.6. The Labute approximate surface area is 235 Å². The van der Waals surface area contributed by atoms with E-state index in [1.807, 2.05) is 63.2 Å². The Bertz CT molecular complexity index is 1660. The van der Waals surface area contributed by atoms with Crippen molar-refractivity contribution < 1.29 is 9.21 Å². The molecule has 0 aliphatic rings. The molecule has 0 aliphatic heterocycles. The van der Waals surface area contributed by atoms with E-state index in [-0.39, 0.29) is 5.91 Å². The van der Waals surface area contributed by atoms with Gasteiger partial charge < -0.3 is 9.73 Å². The highest BCUT2D eigenvalue weighted by molar-refractivity contribution is 6.17. The van der Waals surface area contributed by atoms with Crippen molar-refractivity contribution in [3.05, 3.63) is 133 Å². The molecular formula is C37H31NO2. The largest absolute Gasteiger partial charge is 0.450 e. The fourth-order valence-corrected chi connectivity index (χ4v) is 5.35. The molecule has 1 N–H and O–H groups in total. The SMILES string of the molecule is CC(C)(C)NC(=O)c1cc2c(-c3ccccc3)c(-c3ccccc3)c(-c3ccccc3)c(-c3ccccc3)c2o1. The average Bonchev–Trinajstić information content (AvgIpc) is 3.42. The van der Waals surface area contributed by atoms with Gasteiger partial charge in [-0.2, -0.15) is 0 Å². The van der Waals surface area contributed by atoms with Crippen LogP contribution in [0.5, 0.6) is 0 Å². The zero-order valence-electron chi connectivity index (χ0n) is 22.9. The van der Waals surface area contributed by atoms with E-state index in [1.165, 1.54) is 0 Å². The highest BCUT2D eigenvalue weighted by Gasteiger charge is 2.28. The number of hydrogen-bond acceptors (Lipinski definition) is 2. The summed E-state index contributed by atoms with van der Waals surface area (Å²) in [5, 5.41) is 3.98. The van der Waals surface area contributed by atoms with Crippen LogP contribution in [0, 0.1) is 0 Å². The summed E-state index contributed by atoms with van der Waals surface area (Å²) >= 11 is 0. The van der Waals surface area contributed by atoms with E-state index in [9.17, 15) is 4.79 Å². The highest BCUT2D eigenvalue weighted by atomic mass is 16.3. The number of rotatable bonds is 5. The predicted octanol–water partition coefficient (Wildman–Crippen LogP) is 9.63.